The molecule has 0 radical (unpaired) electrons. The van der Waals surface area contributed by atoms with Crippen molar-refractivity contribution in [3.05, 3.63) is 46.5 Å². The number of benzene rings is 1. The molecule has 0 fully saturated rings. The highest BCUT2D eigenvalue weighted by Gasteiger charge is 2.37. The van der Waals surface area contributed by atoms with Crippen LogP contribution >= 0.6 is 15.9 Å². The van der Waals surface area contributed by atoms with E-state index in [9.17, 15) is 4.79 Å². The summed E-state index contributed by atoms with van der Waals surface area (Å²) in [6.07, 6.45) is 5.07. The van der Waals surface area contributed by atoms with Gasteiger partial charge in [-0.25, -0.2) is 0 Å². The van der Waals surface area contributed by atoms with Crippen molar-refractivity contribution in [2.75, 3.05) is 7.11 Å². The molecule has 24 heavy (non-hydrogen) atoms. The number of rotatable bonds is 4. The van der Waals surface area contributed by atoms with Gasteiger partial charge in [0.25, 0.3) is 0 Å². The fourth-order valence-electron chi connectivity index (χ4n) is 3.18. The molecule has 0 N–H and O–H groups in total. The van der Waals surface area contributed by atoms with Crippen LogP contribution in [0.1, 0.15) is 33.3 Å². The Balaban J connectivity index is 2.45. The van der Waals surface area contributed by atoms with Crippen molar-refractivity contribution in [3.8, 4) is 11.5 Å². The number of hydrogen-bond acceptors (Lipinski definition) is 3. The van der Waals surface area contributed by atoms with Crippen LogP contribution in [0.5, 0.6) is 11.5 Å². The third kappa shape index (κ3) is 3.75. The van der Waals surface area contributed by atoms with Crippen LogP contribution in [0.3, 0.4) is 0 Å². The highest BCUT2D eigenvalue weighted by molar-refractivity contribution is 9.10. The van der Waals surface area contributed by atoms with E-state index in [1.165, 1.54) is 6.92 Å². The van der Waals surface area contributed by atoms with Crippen LogP contribution in [0, 0.1) is 17.3 Å². The van der Waals surface area contributed by atoms with Gasteiger partial charge in [-0.2, -0.15) is 0 Å². The van der Waals surface area contributed by atoms with Crippen molar-refractivity contribution >= 4 is 21.9 Å². The third-order valence-electron chi connectivity index (χ3n) is 5.13. The molecule has 2 unspecified atom stereocenters. The largest absolute Gasteiger partial charge is 0.496 e. The summed E-state index contributed by atoms with van der Waals surface area (Å²) in [6, 6.07) is 3.74. The second-order valence-corrected chi connectivity index (χ2v) is 7.84. The molecule has 3 nitrogen and oxygen atoms in total. The molecule has 0 saturated heterocycles. The monoisotopic (exact) mass is 392 g/mol. The summed E-state index contributed by atoms with van der Waals surface area (Å²) in [5.74, 6) is 1.67. The predicted molar refractivity (Wildman–Crippen MR) is 100 cm³/mol. The zero-order valence-corrected chi connectivity index (χ0v) is 16.6. The Kier molecular flexibility index (Phi) is 5.59. The molecule has 0 heterocycles. The van der Waals surface area contributed by atoms with Gasteiger partial charge >= 0.3 is 5.97 Å². The van der Waals surface area contributed by atoms with Crippen molar-refractivity contribution in [2.24, 2.45) is 17.3 Å². The minimum Gasteiger partial charge on any atom is -0.496 e. The second-order valence-electron chi connectivity index (χ2n) is 6.99. The van der Waals surface area contributed by atoms with E-state index in [4.69, 9.17) is 9.47 Å². The first kappa shape index (κ1) is 18.8. The summed E-state index contributed by atoms with van der Waals surface area (Å²) >= 11 is 3.46. The van der Waals surface area contributed by atoms with E-state index < -0.39 is 0 Å². The number of esters is 1. The van der Waals surface area contributed by atoms with Crippen molar-refractivity contribution in [2.45, 2.75) is 34.1 Å². The van der Waals surface area contributed by atoms with Crippen LogP contribution in [-0.4, -0.2) is 13.1 Å². The lowest BCUT2D eigenvalue weighted by Gasteiger charge is -2.42. The van der Waals surface area contributed by atoms with E-state index in [-0.39, 0.29) is 17.3 Å². The van der Waals surface area contributed by atoms with Gasteiger partial charge in [-0.1, -0.05) is 45.1 Å². The number of hydrogen-bond donors (Lipinski definition) is 0. The van der Waals surface area contributed by atoms with Crippen LogP contribution in [0.15, 0.2) is 40.9 Å². The summed E-state index contributed by atoms with van der Waals surface area (Å²) in [7, 11) is 1.63. The van der Waals surface area contributed by atoms with Gasteiger partial charge in [0.15, 0.2) is 0 Å². The summed E-state index contributed by atoms with van der Waals surface area (Å²) in [4.78, 5) is 11.5. The van der Waals surface area contributed by atoms with Gasteiger partial charge < -0.3 is 9.47 Å². The van der Waals surface area contributed by atoms with E-state index in [0.29, 0.717) is 11.7 Å². The molecule has 1 aliphatic rings. The fraction of sp³-hybridized carbons (Fsp3) is 0.450. The van der Waals surface area contributed by atoms with Gasteiger partial charge in [0.05, 0.1) is 11.6 Å². The third-order valence-corrected chi connectivity index (χ3v) is 5.75. The molecule has 0 amide bonds. The van der Waals surface area contributed by atoms with Crippen molar-refractivity contribution in [3.63, 3.8) is 0 Å². The number of carbonyl (C=O) groups is 1. The lowest BCUT2D eigenvalue weighted by atomic mass is 9.62. The molecule has 1 aromatic rings. The Bertz CT molecular complexity index is 688. The molecule has 0 bridgehead atoms. The SMILES string of the molecule is C=C1C=CC(C)C(C)(C)C1Cc1cc(OC)c(Br)cc1OC(C)=O. The summed E-state index contributed by atoms with van der Waals surface area (Å²) < 4.78 is 11.6. The zero-order valence-electron chi connectivity index (χ0n) is 15.0. The Morgan fingerprint density at radius 3 is 2.58 bits per heavy atom. The highest BCUT2D eigenvalue weighted by Crippen LogP contribution is 2.46. The summed E-state index contributed by atoms with van der Waals surface area (Å²) in [5, 5.41) is 0. The smallest absolute Gasteiger partial charge is 0.308 e. The molecule has 1 aliphatic carbocycles. The van der Waals surface area contributed by atoms with E-state index in [2.05, 4.69) is 55.4 Å². The van der Waals surface area contributed by atoms with Crippen molar-refractivity contribution in [1.82, 2.24) is 0 Å². The first-order valence-electron chi connectivity index (χ1n) is 8.08. The van der Waals surface area contributed by atoms with Crippen LogP contribution in [0.4, 0.5) is 0 Å². The molecule has 0 spiro atoms. The van der Waals surface area contributed by atoms with Gasteiger partial charge in [0, 0.05) is 6.92 Å². The van der Waals surface area contributed by atoms with Gasteiger partial charge in [-0.3, -0.25) is 4.79 Å². The lowest BCUT2D eigenvalue weighted by molar-refractivity contribution is -0.131. The van der Waals surface area contributed by atoms with Gasteiger partial charge in [0.1, 0.15) is 11.5 Å². The average Bonchev–Trinajstić information content (AvgIpc) is 2.49. The normalized spacial score (nSPS) is 22.3. The standard InChI is InChI=1S/C20H25BrO3/c1-12-7-8-13(2)20(4,5)16(12)9-15-10-19(23-6)17(21)11-18(15)24-14(3)22/h7-8,10-11,13,16H,1,9H2,2-6H3. The van der Waals surface area contributed by atoms with Crippen LogP contribution < -0.4 is 9.47 Å². The maximum atomic E-state index is 11.5. The molecule has 2 atom stereocenters. The Morgan fingerprint density at radius 2 is 2.00 bits per heavy atom. The maximum Gasteiger partial charge on any atom is 0.308 e. The van der Waals surface area contributed by atoms with Crippen molar-refractivity contribution < 1.29 is 14.3 Å². The summed E-state index contributed by atoms with van der Waals surface area (Å²) in [6.45, 7) is 12.4. The molecule has 2 rings (SSSR count). The minimum absolute atomic E-state index is 0.0691. The molecular formula is C20H25BrO3. The topological polar surface area (TPSA) is 35.5 Å². The number of carbonyl (C=O) groups excluding carboxylic acids is 1. The first-order chi connectivity index (χ1) is 11.2. The highest BCUT2D eigenvalue weighted by atomic mass is 79.9. The number of ether oxygens (including phenoxy) is 2. The minimum atomic E-state index is -0.330. The number of methoxy groups -OCH3 is 1. The summed E-state index contributed by atoms with van der Waals surface area (Å²) in [5.41, 5.74) is 2.13. The quantitative estimate of drug-likeness (QED) is 0.512. The second kappa shape index (κ2) is 7.14. The molecule has 130 valence electrons. The Labute approximate surface area is 152 Å². The fourth-order valence-corrected chi connectivity index (χ4v) is 3.67. The molecular weight excluding hydrogens is 368 g/mol. The van der Waals surface area contributed by atoms with Crippen LogP contribution in [0.25, 0.3) is 0 Å². The van der Waals surface area contributed by atoms with Crippen LogP contribution in [-0.2, 0) is 11.2 Å². The number of allylic oxidation sites excluding steroid dienone is 3. The lowest BCUT2D eigenvalue weighted by Crippen LogP contribution is -2.35. The number of halogens is 1. The van der Waals surface area contributed by atoms with E-state index in [1.54, 1.807) is 13.2 Å². The van der Waals surface area contributed by atoms with E-state index >= 15 is 0 Å². The zero-order chi connectivity index (χ0) is 18.1. The maximum absolute atomic E-state index is 11.5. The van der Waals surface area contributed by atoms with Gasteiger partial charge in [0.2, 0.25) is 0 Å². The molecule has 0 aromatic heterocycles. The molecule has 1 aromatic carbocycles. The van der Waals surface area contributed by atoms with E-state index in [0.717, 1.165) is 27.8 Å². The molecule has 4 heteroatoms. The van der Waals surface area contributed by atoms with E-state index in [1.807, 2.05) is 6.07 Å². The molecule has 0 aliphatic heterocycles. The average molecular weight is 393 g/mol. The van der Waals surface area contributed by atoms with Gasteiger partial charge in [-0.05, 0) is 57.3 Å². The first-order valence-corrected chi connectivity index (χ1v) is 8.88. The molecule has 0 saturated carbocycles. The van der Waals surface area contributed by atoms with Crippen LogP contribution in [0.2, 0.25) is 0 Å². The van der Waals surface area contributed by atoms with Gasteiger partial charge in [-0.15, -0.1) is 0 Å². The Morgan fingerprint density at radius 1 is 1.33 bits per heavy atom. The van der Waals surface area contributed by atoms with Crippen molar-refractivity contribution in [1.29, 1.82) is 0 Å². The predicted octanol–water partition coefficient (Wildman–Crippen LogP) is 5.33. The Hall–Kier alpha value is -1.55.